The largest absolute Gasteiger partial charge is 0.323 e. The minimum Gasteiger partial charge on any atom is -0.323 e. The van der Waals surface area contributed by atoms with Crippen molar-refractivity contribution >= 4 is 0 Å². The van der Waals surface area contributed by atoms with Gasteiger partial charge in [0.2, 0.25) is 0 Å². The van der Waals surface area contributed by atoms with Gasteiger partial charge < -0.3 is 5.73 Å². The predicted octanol–water partition coefficient (Wildman–Crippen LogP) is 1.78. The number of nitrogens with zero attached hydrogens (tertiary/aromatic N) is 2. The van der Waals surface area contributed by atoms with Crippen LogP contribution in [0.5, 0.6) is 0 Å². The predicted molar refractivity (Wildman–Crippen MR) is 53.1 cm³/mol. The molecule has 0 unspecified atom stereocenters. The number of nitriles is 2. The van der Waals surface area contributed by atoms with Crippen LogP contribution >= 0.6 is 0 Å². The SMILES string of the molecule is Cc1ccc(C#N)cc1[C@H](N)CC#N. The Morgan fingerprint density at radius 3 is 2.71 bits per heavy atom. The van der Waals surface area contributed by atoms with Crippen LogP contribution in [0.15, 0.2) is 18.2 Å². The lowest BCUT2D eigenvalue weighted by Gasteiger charge is -2.11. The normalized spacial score (nSPS) is 11.4. The molecular formula is C11H11N3. The molecular weight excluding hydrogens is 174 g/mol. The van der Waals surface area contributed by atoms with Crippen LogP contribution in [-0.2, 0) is 0 Å². The van der Waals surface area contributed by atoms with E-state index in [0.29, 0.717) is 5.56 Å². The zero-order chi connectivity index (χ0) is 10.6. The third-order valence-corrected chi connectivity index (χ3v) is 2.12. The average molecular weight is 185 g/mol. The lowest BCUT2D eigenvalue weighted by Crippen LogP contribution is -2.11. The van der Waals surface area contributed by atoms with Gasteiger partial charge in [-0.3, -0.25) is 0 Å². The molecule has 0 aliphatic heterocycles. The van der Waals surface area contributed by atoms with E-state index in [1.807, 2.05) is 19.1 Å². The number of aryl methyl sites for hydroxylation is 1. The first-order valence-corrected chi connectivity index (χ1v) is 4.32. The third kappa shape index (κ3) is 2.10. The van der Waals surface area contributed by atoms with Crippen molar-refractivity contribution in [3.63, 3.8) is 0 Å². The Kier molecular flexibility index (Phi) is 3.23. The van der Waals surface area contributed by atoms with E-state index in [1.165, 1.54) is 0 Å². The van der Waals surface area contributed by atoms with Crippen LogP contribution in [0.3, 0.4) is 0 Å². The summed E-state index contributed by atoms with van der Waals surface area (Å²) in [5, 5.41) is 17.2. The number of rotatable bonds is 2. The van der Waals surface area contributed by atoms with Crippen molar-refractivity contribution < 1.29 is 0 Å². The summed E-state index contributed by atoms with van der Waals surface area (Å²) in [6.45, 7) is 1.92. The first-order chi connectivity index (χ1) is 6.69. The summed E-state index contributed by atoms with van der Waals surface area (Å²) in [6.07, 6.45) is 0.274. The summed E-state index contributed by atoms with van der Waals surface area (Å²) >= 11 is 0. The van der Waals surface area contributed by atoms with Gasteiger partial charge in [0.15, 0.2) is 0 Å². The molecule has 0 radical (unpaired) electrons. The van der Waals surface area contributed by atoms with E-state index in [9.17, 15) is 0 Å². The lowest BCUT2D eigenvalue weighted by atomic mass is 9.98. The average Bonchev–Trinajstić information content (AvgIpc) is 2.19. The second kappa shape index (κ2) is 4.41. The van der Waals surface area contributed by atoms with E-state index < -0.39 is 0 Å². The summed E-state index contributed by atoms with van der Waals surface area (Å²) in [5.74, 6) is 0. The molecule has 1 rings (SSSR count). The van der Waals surface area contributed by atoms with Gasteiger partial charge in [-0.05, 0) is 30.2 Å². The van der Waals surface area contributed by atoms with E-state index in [1.54, 1.807) is 12.1 Å². The van der Waals surface area contributed by atoms with Crippen LogP contribution in [0.4, 0.5) is 0 Å². The molecule has 1 atom stereocenters. The zero-order valence-electron chi connectivity index (χ0n) is 7.99. The van der Waals surface area contributed by atoms with Crippen molar-refractivity contribution in [3.05, 3.63) is 34.9 Å². The second-order valence-corrected chi connectivity index (χ2v) is 3.15. The Bertz CT molecular complexity index is 410. The van der Waals surface area contributed by atoms with Gasteiger partial charge in [0, 0.05) is 6.04 Å². The Balaban J connectivity index is 3.08. The van der Waals surface area contributed by atoms with E-state index in [4.69, 9.17) is 16.3 Å². The van der Waals surface area contributed by atoms with Crippen molar-refractivity contribution in [3.8, 4) is 12.1 Å². The van der Waals surface area contributed by atoms with Crippen molar-refractivity contribution in [1.82, 2.24) is 0 Å². The van der Waals surface area contributed by atoms with Gasteiger partial charge in [-0.1, -0.05) is 6.07 Å². The van der Waals surface area contributed by atoms with Gasteiger partial charge in [-0.25, -0.2) is 0 Å². The minimum absolute atomic E-state index is 0.274. The summed E-state index contributed by atoms with van der Waals surface area (Å²) in [7, 11) is 0. The highest BCUT2D eigenvalue weighted by Crippen LogP contribution is 2.19. The van der Waals surface area contributed by atoms with Gasteiger partial charge >= 0.3 is 0 Å². The number of hydrogen-bond acceptors (Lipinski definition) is 3. The van der Waals surface area contributed by atoms with Crippen LogP contribution < -0.4 is 5.73 Å². The summed E-state index contributed by atoms with van der Waals surface area (Å²) in [4.78, 5) is 0. The standard InChI is InChI=1S/C11H11N3/c1-8-2-3-9(7-13)6-10(8)11(14)4-5-12/h2-3,6,11H,4,14H2,1H3/t11-/m1/s1. The fraction of sp³-hybridized carbons (Fsp3) is 0.273. The molecule has 0 aromatic heterocycles. The summed E-state index contributed by atoms with van der Waals surface area (Å²) in [6, 6.07) is 9.13. The van der Waals surface area contributed by atoms with E-state index in [-0.39, 0.29) is 12.5 Å². The monoisotopic (exact) mass is 185 g/mol. The number of benzene rings is 1. The molecule has 3 nitrogen and oxygen atoms in total. The first-order valence-electron chi connectivity index (χ1n) is 4.32. The molecule has 0 aliphatic carbocycles. The molecule has 1 aromatic rings. The maximum atomic E-state index is 8.71. The number of hydrogen-bond donors (Lipinski definition) is 1. The smallest absolute Gasteiger partial charge is 0.0991 e. The van der Waals surface area contributed by atoms with Crippen LogP contribution in [0, 0.1) is 29.6 Å². The van der Waals surface area contributed by atoms with Crippen LogP contribution in [0.2, 0.25) is 0 Å². The molecule has 2 N–H and O–H groups in total. The molecule has 70 valence electrons. The highest BCUT2D eigenvalue weighted by Gasteiger charge is 2.08. The molecule has 0 saturated heterocycles. The van der Waals surface area contributed by atoms with Gasteiger partial charge in [-0.2, -0.15) is 10.5 Å². The highest BCUT2D eigenvalue weighted by molar-refractivity contribution is 5.39. The maximum absolute atomic E-state index is 8.71. The molecule has 14 heavy (non-hydrogen) atoms. The molecule has 0 aliphatic rings. The quantitative estimate of drug-likeness (QED) is 0.763. The molecule has 0 spiro atoms. The zero-order valence-corrected chi connectivity index (χ0v) is 7.99. The second-order valence-electron chi connectivity index (χ2n) is 3.15. The Morgan fingerprint density at radius 2 is 2.14 bits per heavy atom. The maximum Gasteiger partial charge on any atom is 0.0991 e. The minimum atomic E-state index is -0.298. The van der Waals surface area contributed by atoms with Crippen molar-refractivity contribution in [2.75, 3.05) is 0 Å². The van der Waals surface area contributed by atoms with Gasteiger partial charge in [-0.15, -0.1) is 0 Å². The van der Waals surface area contributed by atoms with E-state index in [2.05, 4.69) is 6.07 Å². The summed E-state index contributed by atoms with van der Waals surface area (Å²) < 4.78 is 0. The van der Waals surface area contributed by atoms with Gasteiger partial charge in [0.05, 0.1) is 24.1 Å². The highest BCUT2D eigenvalue weighted by atomic mass is 14.6. The molecule has 0 bridgehead atoms. The van der Waals surface area contributed by atoms with Crippen LogP contribution in [-0.4, -0.2) is 0 Å². The topological polar surface area (TPSA) is 73.6 Å². The summed E-state index contributed by atoms with van der Waals surface area (Å²) in [5.41, 5.74) is 8.28. The third-order valence-electron chi connectivity index (χ3n) is 2.12. The first kappa shape index (κ1) is 10.2. The Hall–Kier alpha value is -1.84. The molecule has 0 fully saturated rings. The van der Waals surface area contributed by atoms with Gasteiger partial charge in [0.25, 0.3) is 0 Å². The number of nitrogens with two attached hydrogens (primary N) is 1. The van der Waals surface area contributed by atoms with Crippen molar-refractivity contribution in [1.29, 1.82) is 10.5 Å². The van der Waals surface area contributed by atoms with Gasteiger partial charge in [0.1, 0.15) is 0 Å². The fourth-order valence-corrected chi connectivity index (χ4v) is 1.32. The molecule has 0 saturated carbocycles. The molecule has 0 heterocycles. The van der Waals surface area contributed by atoms with Crippen molar-refractivity contribution in [2.24, 2.45) is 5.73 Å². The van der Waals surface area contributed by atoms with Crippen LogP contribution in [0.25, 0.3) is 0 Å². The molecule has 3 heteroatoms. The lowest BCUT2D eigenvalue weighted by molar-refractivity contribution is 0.742. The fourth-order valence-electron chi connectivity index (χ4n) is 1.32. The van der Waals surface area contributed by atoms with E-state index >= 15 is 0 Å². The molecule has 1 aromatic carbocycles. The Morgan fingerprint density at radius 1 is 1.43 bits per heavy atom. The van der Waals surface area contributed by atoms with Crippen LogP contribution in [0.1, 0.15) is 29.2 Å². The van der Waals surface area contributed by atoms with Crippen molar-refractivity contribution in [2.45, 2.75) is 19.4 Å². The van der Waals surface area contributed by atoms with E-state index in [0.717, 1.165) is 11.1 Å². The Labute approximate surface area is 83.4 Å². The molecule has 0 amide bonds.